The lowest BCUT2D eigenvalue weighted by molar-refractivity contribution is 0.0648. The number of hydrogen-bond donors (Lipinski definition) is 1. The van der Waals surface area contributed by atoms with Crippen molar-refractivity contribution in [2.24, 2.45) is 16.6 Å². The van der Waals surface area contributed by atoms with Crippen LogP contribution in [0.2, 0.25) is 0 Å². The van der Waals surface area contributed by atoms with Crippen molar-refractivity contribution in [1.82, 2.24) is 4.90 Å². The number of hydrogen-bond acceptors (Lipinski definition) is 3. The Bertz CT molecular complexity index is 638. The van der Waals surface area contributed by atoms with E-state index in [1.54, 1.807) is 0 Å². The van der Waals surface area contributed by atoms with Gasteiger partial charge in [-0.15, -0.1) is 0 Å². The average Bonchev–Trinajstić information content (AvgIpc) is 2.57. The molecule has 24 heavy (non-hydrogen) atoms. The van der Waals surface area contributed by atoms with Crippen LogP contribution in [0.1, 0.15) is 39.2 Å². The molecule has 3 rings (SSSR count). The van der Waals surface area contributed by atoms with E-state index in [0.29, 0.717) is 19.7 Å². The summed E-state index contributed by atoms with van der Waals surface area (Å²) in [4.78, 5) is 14.3. The Hall–Kier alpha value is -1.81. The predicted octanol–water partition coefficient (Wildman–Crippen LogP) is 3.72. The molecule has 1 aliphatic heterocycles. The Morgan fingerprint density at radius 2 is 2.00 bits per heavy atom. The van der Waals surface area contributed by atoms with E-state index in [0.717, 1.165) is 18.4 Å². The van der Waals surface area contributed by atoms with Crippen LogP contribution in [0.4, 0.5) is 4.79 Å². The first-order valence-electron chi connectivity index (χ1n) is 8.75. The third kappa shape index (κ3) is 3.07. The second-order valence-corrected chi connectivity index (χ2v) is 7.97. The second-order valence-electron chi connectivity index (χ2n) is 7.97. The van der Waals surface area contributed by atoms with Crippen LogP contribution in [0.15, 0.2) is 42.0 Å². The normalized spacial score (nSPS) is 28.8. The Kier molecular flexibility index (Phi) is 4.43. The highest BCUT2D eigenvalue weighted by Gasteiger charge is 2.48. The molecule has 1 aromatic rings. The molecule has 0 bridgehead atoms. The minimum atomic E-state index is -0.233. The topological polar surface area (TPSA) is 55.6 Å². The van der Waals surface area contributed by atoms with Gasteiger partial charge in [0.1, 0.15) is 6.61 Å². The minimum Gasteiger partial charge on any atom is -0.445 e. The average molecular weight is 328 g/mol. The van der Waals surface area contributed by atoms with Crippen LogP contribution in [-0.2, 0) is 11.3 Å². The molecule has 4 nitrogen and oxygen atoms in total. The van der Waals surface area contributed by atoms with Gasteiger partial charge in [-0.25, -0.2) is 4.79 Å². The van der Waals surface area contributed by atoms with Crippen molar-refractivity contribution in [3.63, 3.8) is 0 Å². The van der Waals surface area contributed by atoms with E-state index in [9.17, 15) is 4.79 Å². The smallest absolute Gasteiger partial charge is 0.410 e. The fraction of sp³-hybridized carbons (Fsp3) is 0.550. The van der Waals surface area contributed by atoms with Gasteiger partial charge in [-0.1, -0.05) is 62.8 Å². The molecular formula is C20H28N2O2. The van der Waals surface area contributed by atoms with Crippen molar-refractivity contribution in [2.75, 3.05) is 13.1 Å². The summed E-state index contributed by atoms with van der Waals surface area (Å²) in [5, 5.41) is 0. The van der Waals surface area contributed by atoms with E-state index >= 15 is 0 Å². The van der Waals surface area contributed by atoms with Gasteiger partial charge in [0.25, 0.3) is 0 Å². The number of carbonyl (C=O) groups is 1. The molecule has 1 fully saturated rings. The van der Waals surface area contributed by atoms with Gasteiger partial charge < -0.3 is 15.4 Å². The minimum absolute atomic E-state index is 0.00336. The first kappa shape index (κ1) is 17.0. The highest BCUT2D eigenvalue weighted by Crippen LogP contribution is 2.51. The molecule has 1 heterocycles. The summed E-state index contributed by atoms with van der Waals surface area (Å²) in [5.74, 6) is 0. The summed E-state index contributed by atoms with van der Waals surface area (Å²) in [7, 11) is 0. The van der Waals surface area contributed by atoms with Crippen molar-refractivity contribution >= 4 is 6.09 Å². The standard InChI is InChI=1S/C20H28N2O2/c1-19(2)16-10-12-22(14-20(16,3)11-9-17(19)21)18(23)24-13-15-7-5-4-6-8-15/h4-8,10,17H,9,11-14,21H2,1-3H3. The Balaban J connectivity index is 1.68. The molecule has 1 aromatic carbocycles. The predicted molar refractivity (Wildman–Crippen MR) is 95.4 cm³/mol. The maximum atomic E-state index is 12.5. The van der Waals surface area contributed by atoms with Gasteiger partial charge in [-0.05, 0) is 18.4 Å². The van der Waals surface area contributed by atoms with Crippen molar-refractivity contribution in [3.05, 3.63) is 47.5 Å². The molecule has 1 amide bonds. The molecule has 2 atom stereocenters. The summed E-state index contributed by atoms with van der Waals surface area (Å²) >= 11 is 0. The van der Waals surface area contributed by atoms with E-state index in [1.165, 1.54) is 5.57 Å². The Labute approximate surface area is 144 Å². The number of fused-ring (bicyclic) bond motifs is 1. The van der Waals surface area contributed by atoms with Crippen molar-refractivity contribution in [1.29, 1.82) is 0 Å². The lowest BCUT2D eigenvalue weighted by Gasteiger charge is -2.53. The molecule has 4 heteroatoms. The molecule has 1 aliphatic carbocycles. The van der Waals surface area contributed by atoms with Gasteiger partial charge in [0.05, 0.1) is 0 Å². The lowest BCUT2D eigenvalue weighted by atomic mass is 9.57. The number of benzene rings is 1. The molecule has 0 spiro atoms. The van der Waals surface area contributed by atoms with Crippen molar-refractivity contribution in [3.8, 4) is 0 Å². The van der Waals surface area contributed by atoms with E-state index in [-0.39, 0.29) is 23.0 Å². The summed E-state index contributed by atoms with van der Waals surface area (Å²) in [6, 6.07) is 9.98. The molecule has 130 valence electrons. The van der Waals surface area contributed by atoms with Crippen molar-refractivity contribution in [2.45, 2.75) is 46.3 Å². The van der Waals surface area contributed by atoms with Crippen LogP contribution in [-0.4, -0.2) is 30.1 Å². The van der Waals surface area contributed by atoms with Crippen LogP contribution in [0.5, 0.6) is 0 Å². The maximum absolute atomic E-state index is 12.5. The van der Waals surface area contributed by atoms with Gasteiger partial charge in [-0.2, -0.15) is 0 Å². The number of nitrogens with zero attached hydrogens (tertiary/aromatic N) is 1. The molecule has 1 saturated carbocycles. The third-order valence-corrected chi connectivity index (χ3v) is 5.80. The van der Waals surface area contributed by atoms with E-state index in [4.69, 9.17) is 10.5 Å². The molecule has 0 aromatic heterocycles. The van der Waals surface area contributed by atoms with Gasteiger partial charge in [0, 0.05) is 30.0 Å². The van der Waals surface area contributed by atoms with E-state index in [1.807, 2.05) is 35.2 Å². The summed E-state index contributed by atoms with van der Waals surface area (Å²) in [6.07, 6.45) is 3.98. The van der Waals surface area contributed by atoms with Gasteiger partial charge >= 0.3 is 6.09 Å². The van der Waals surface area contributed by atoms with Crippen LogP contribution in [0.3, 0.4) is 0 Å². The third-order valence-electron chi connectivity index (χ3n) is 5.80. The first-order valence-corrected chi connectivity index (χ1v) is 8.75. The van der Waals surface area contributed by atoms with E-state index < -0.39 is 0 Å². The summed E-state index contributed by atoms with van der Waals surface area (Å²) < 4.78 is 5.50. The van der Waals surface area contributed by atoms with Gasteiger partial charge in [0.2, 0.25) is 0 Å². The molecule has 0 radical (unpaired) electrons. The largest absolute Gasteiger partial charge is 0.445 e. The number of carbonyl (C=O) groups excluding carboxylic acids is 1. The molecule has 2 aliphatic rings. The molecular weight excluding hydrogens is 300 g/mol. The zero-order chi connectivity index (χ0) is 17.4. The lowest BCUT2D eigenvalue weighted by Crippen LogP contribution is -2.54. The summed E-state index contributed by atoms with van der Waals surface area (Å²) in [5.41, 5.74) is 8.75. The van der Waals surface area contributed by atoms with Gasteiger partial charge in [0.15, 0.2) is 0 Å². The highest BCUT2D eigenvalue weighted by molar-refractivity contribution is 5.68. The number of rotatable bonds is 2. The Morgan fingerprint density at radius 1 is 1.29 bits per heavy atom. The zero-order valence-corrected chi connectivity index (χ0v) is 14.9. The number of ether oxygens (including phenoxy) is 1. The Morgan fingerprint density at radius 3 is 2.71 bits per heavy atom. The van der Waals surface area contributed by atoms with Crippen LogP contribution >= 0.6 is 0 Å². The van der Waals surface area contributed by atoms with Crippen LogP contribution in [0.25, 0.3) is 0 Å². The molecule has 0 saturated heterocycles. The number of nitrogens with two attached hydrogens (primary N) is 1. The first-order chi connectivity index (χ1) is 11.3. The quantitative estimate of drug-likeness (QED) is 0.842. The van der Waals surface area contributed by atoms with E-state index in [2.05, 4.69) is 26.8 Å². The molecule has 2 N–H and O–H groups in total. The molecule has 2 unspecified atom stereocenters. The van der Waals surface area contributed by atoms with Crippen LogP contribution in [0, 0.1) is 10.8 Å². The highest BCUT2D eigenvalue weighted by atomic mass is 16.6. The second kappa shape index (κ2) is 6.25. The van der Waals surface area contributed by atoms with Crippen LogP contribution < -0.4 is 5.73 Å². The fourth-order valence-electron chi connectivity index (χ4n) is 4.26. The zero-order valence-electron chi connectivity index (χ0n) is 14.9. The fourth-order valence-corrected chi connectivity index (χ4v) is 4.26. The summed E-state index contributed by atoms with van der Waals surface area (Å²) in [6.45, 7) is 8.34. The monoisotopic (exact) mass is 328 g/mol. The maximum Gasteiger partial charge on any atom is 0.410 e. The SMILES string of the molecule is CC12CCC(N)C(C)(C)C1=CCN(C(=O)OCc1ccccc1)C2. The number of amides is 1. The van der Waals surface area contributed by atoms with Crippen molar-refractivity contribution < 1.29 is 9.53 Å². The van der Waals surface area contributed by atoms with Gasteiger partial charge in [-0.3, -0.25) is 0 Å².